The Morgan fingerprint density at radius 2 is 0.731 bits per heavy atom. The third kappa shape index (κ3) is 22.7. The zero-order chi connectivity index (χ0) is 19.3. The number of hydrogen-bond acceptors (Lipinski definition) is 2. The van der Waals surface area contributed by atoms with E-state index in [-0.39, 0.29) is 0 Å². The van der Waals surface area contributed by atoms with Crippen LogP contribution in [-0.2, 0) is 9.59 Å². The first-order valence-electron chi connectivity index (χ1n) is 10.7. The molecule has 0 heterocycles. The Balaban J connectivity index is 3.11. The van der Waals surface area contributed by atoms with E-state index in [0.29, 0.717) is 12.8 Å². The maximum absolute atomic E-state index is 10.4. The molecule has 4 nitrogen and oxygen atoms in total. The molecule has 0 amide bonds. The molecule has 0 fully saturated rings. The van der Waals surface area contributed by atoms with E-state index in [1.807, 2.05) is 0 Å². The molecule has 0 bridgehead atoms. The molecule has 0 aromatic rings. The molecule has 0 rings (SSSR count). The van der Waals surface area contributed by atoms with Gasteiger partial charge in [-0.2, -0.15) is 0 Å². The summed E-state index contributed by atoms with van der Waals surface area (Å²) in [6, 6.07) is 0. The Morgan fingerprint density at radius 1 is 0.462 bits per heavy atom. The maximum Gasteiger partial charge on any atom is 0.303 e. The minimum Gasteiger partial charge on any atom is -0.481 e. The Hall–Kier alpha value is -1.32. The second-order valence-corrected chi connectivity index (χ2v) is 7.29. The number of aliphatic carboxylic acids is 2. The van der Waals surface area contributed by atoms with Crippen LogP contribution < -0.4 is 0 Å². The SMILES string of the molecule is O=C(O)CCCCCCCCCC=CCCCCCCCCCC(=O)O. The average Bonchev–Trinajstić information content (AvgIpc) is 2.59. The predicted octanol–water partition coefficient (Wildman–Crippen LogP) is 6.73. The first-order valence-corrected chi connectivity index (χ1v) is 10.7. The molecular formula is C22H40O4. The number of rotatable bonds is 20. The van der Waals surface area contributed by atoms with Crippen LogP contribution >= 0.6 is 0 Å². The van der Waals surface area contributed by atoms with Crippen molar-refractivity contribution in [1.29, 1.82) is 0 Å². The smallest absolute Gasteiger partial charge is 0.303 e. The number of unbranched alkanes of at least 4 members (excludes halogenated alkanes) is 14. The van der Waals surface area contributed by atoms with Gasteiger partial charge in [-0.3, -0.25) is 9.59 Å². The standard InChI is InChI=1S/C22H40O4/c23-21(24)19-17-15-13-11-9-7-5-3-1-2-4-6-8-10-12-14-16-18-20-22(25)26/h1-2H,3-20H2,(H,23,24)(H,25,26). The average molecular weight is 369 g/mol. The molecule has 0 aliphatic rings. The molecule has 0 aromatic carbocycles. The lowest BCUT2D eigenvalue weighted by atomic mass is 10.1. The van der Waals surface area contributed by atoms with Gasteiger partial charge in [-0.1, -0.05) is 76.4 Å². The van der Waals surface area contributed by atoms with Gasteiger partial charge in [0.05, 0.1) is 0 Å². The van der Waals surface area contributed by atoms with Gasteiger partial charge in [0.2, 0.25) is 0 Å². The summed E-state index contributed by atoms with van der Waals surface area (Å²) in [6.45, 7) is 0. The lowest BCUT2D eigenvalue weighted by molar-refractivity contribution is -0.138. The quantitative estimate of drug-likeness (QED) is 0.184. The number of allylic oxidation sites excluding steroid dienone is 2. The minimum absolute atomic E-state index is 0.317. The van der Waals surface area contributed by atoms with E-state index in [9.17, 15) is 9.59 Å². The van der Waals surface area contributed by atoms with E-state index in [1.54, 1.807) is 0 Å². The summed E-state index contributed by atoms with van der Waals surface area (Å²) >= 11 is 0. The summed E-state index contributed by atoms with van der Waals surface area (Å²) in [5.41, 5.74) is 0. The highest BCUT2D eigenvalue weighted by Crippen LogP contribution is 2.12. The molecular weight excluding hydrogens is 328 g/mol. The zero-order valence-corrected chi connectivity index (χ0v) is 16.6. The monoisotopic (exact) mass is 368 g/mol. The second kappa shape index (κ2) is 20.0. The van der Waals surface area contributed by atoms with Crippen LogP contribution in [0.1, 0.15) is 116 Å². The third-order valence-corrected chi connectivity index (χ3v) is 4.69. The summed E-state index contributed by atoms with van der Waals surface area (Å²) in [7, 11) is 0. The molecule has 0 saturated carbocycles. The van der Waals surface area contributed by atoms with Gasteiger partial charge in [0.1, 0.15) is 0 Å². The molecule has 0 radical (unpaired) electrons. The number of hydrogen-bond donors (Lipinski definition) is 2. The van der Waals surface area contributed by atoms with Crippen molar-refractivity contribution in [3.8, 4) is 0 Å². The van der Waals surface area contributed by atoms with Crippen molar-refractivity contribution < 1.29 is 19.8 Å². The van der Waals surface area contributed by atoms with Crippen LogP contribution in [0.2, 0.25) is 0 Å². The number of carboxylic acid groups (broad SMARTS) is 2. The highest BCUT2D eigenvalue weighted by Gasteiger charge is 1.97. The fourth-order valence-corrected chi connectivity index (χ4v) is 3.08. The van der Waals surface area contributed by atoms with Crippen LogP contribution in [-0.4, -0.2) is 22.2 Å². The molecule has 0 unspecified atom stereocenters. The van der Waals surface area contributed by atoms with Gasteiger partial charge in [0.25, 0.3) is 0 Å². The molecule has 2 N–H and O–H groups in total. The first-order chi connectivity index (χ1) is 12.6. The summed E-state index contributed by atoms with van der Waals surface area (Å²) in [4.78, 5) is 20.8. The van der Waals surface area contributed by atoms with Crippen LogP contribution in [0.3, 0.4) is 0 Å². The topological polar surface area (TPSA) is 74.6 Å². The minimum atomic E-state index is -0.676. The third-order valence-electron chi connectivity index (χ3n) is 4.69. The Morgan fingerprint density at radius 3 is 1.04 bits per heavy atom. The van der Waals surface area contributed by atoms with Crippen molar-refractivity contribution in [2.24, 2.45) is 0 Å². The van der Waals surface area contributed by atoms with E-state index >= 15 is 0 Å². The van der Waals surface area contributed by atoms with E-state index in [1.165, 1.54) is 77.0 Å². The molecule has 0 aliphatic heterocycles. The van der Waals surface area contributed by atoms with E-state index < -0.39 is 11.9 Å². The van der Waals surface area contributed by atoms with Gasteiger partial charge in [0, 0.05) is 12.8 Å². The van der Waals surface area contributed by atoms with Gasteiger partial charge in [-0.25, -0.2) is 0 Å². The number of carbonyl (C=O) groups is 2. The van der Waals surface area contributed by atoms with Crippen molar-refractivity contribution in [1.82, 2.24) is 0 Å². The van der Waals surface area contributed by atoms with Crippen LogP contribution in [0.4, 0.5) is 0 Å². The lowest BCUT2D eigenvalue weighted by Gasteiger charge is -2.01. The molecule has 0 aliphatic carbocycles. The van der Waals surface area contributed by atoms with Gasteiger partial charge in [-0.05, 0) is 38.5 Å². The first kappa shape index (κ1) is 24.7. The summed E-state index contributed by atoms with van der Waals surface area (Å²) in [5, 5.41) is 17.1. The zero-order valence-electron chi connectivity index (χ0n) is 16.6. The van der Waals surface area contributed by atoms with Crippen LogP contribution in [0.5, 0.6) is 0 Å². The Bertz CT molecular complexity index is 329. The highest BCUT2D eigenvalue weighted by molar-refractivity contribution is 5.66. The normalized spacial score (nSPS) is 11.2. The van der Waals surface area contributed by atoms with Gasteiger partial charge in [-0.15, -0.1) is 0 Å². The molecule has 26 heavy (non-hydrogen) atoms. The van der Waals surface area contributed by atoms with Crippen molar-refractivity contribution in [3.05, 3.63) is 12.2 Å². The van der Waals surface area contributed by atoms with Gasteiger partial charge < -0.3 is 10.2 Å². The van der Waals surface area contributed by atoms with Crippen molar-refractivity contribution in [2.75, 3.05) is 0 Å². The van der Waals surface area contributed by atoms with Crippen LogP contribution in [0, 0.1) is 0 Å². The fourth-order valence-electron chi connectivity index (χ4n) is 3.08. The van der Waals surface area contributed by atoms with Gasteiger partial charge >= 0.3 is 11.9 Å². The summed E-state index contributed by atoms with van der Waals surface area (Å²) in [5.74, 6) is -1.35. The van der Waals surface area contributed by atoms with E-state index in [4.69, 9.17) is 10.2 Å². The molecule has 152 valence electrons. The molecule has 4 heteroatoms. The highest BCUT2D eigenvalue weighted by atomic mass is 16.4. The maximum atomic E-state index is 10.4. The lowest BCUT2D eigenvalue weighted by Crippen LogP contribution is -1.93. The fraction of sp³-hybridized carbons (Fsp3) is 0.818. The van der Waals surface area contributed by atoms with Gasteiger partial charge in [0.15, 0.2) is 0 Å². The van der Waals surface area contributed by atoms with Crippen molar-refractivity contribution in [2.45, 2.75) is 116 Å². The van der Waals surface area contributed by atoms with Crippen LogP contribution in [0.15, 0.2) is 12.2 Å². The number of carboxylic acids is 2. The Labute approximate surface area is 160 Å². The second-order valence-electron chi connectivity index (χ2n) is 7.29. The molecule has 0 saturated heterocycles. The Kier molecular flexibility index (Phi) is 19.0. The largest absolute Gasteiger partial charge is 0.481 e. The van der Waals surface area contributed by atoms with Crippen molar-refractivity contribution >= 4 is 11.9 Å². The molecule has 0 spiro atoms. The van der Waals surface area contributed by atoms with Crippen molar-refractivity contribution in [3.63, 3.8) is 0 Å². The summed E-state index contributed by atoms with van der Waals surface area (Å²) in [6.07, 6.45) is 23.8. The molecule has 0 aromatic heterocycles. The summed E-state index contributed by atoms with van der Waals surface area (Å²) < 4.78 is 0. The van der Waals surface area contributed by atoms with E-state index in [0.717, 1.165) is 25.7 Å². The van der Waals surface area contributed by atoms with E-state index in [2.05, 4.69) is 12.2 Å². The van der Waals surface area contributed by atoms with Crippen LogP contribution in [0.25, 0.3) is 0 Å². The molecule has 0 atom stereocenters. The predicted molar refractivity (Wildman–Crippen MR) is 108 cm³/mol.